The van der Waals surface area contributed by atoms with E-state index in [-0.39, 0.29) is 11.9 Å². The van der Waals surface area contributed by atoms with Gasteiger partial charge in [-0.3, -0.25) is 4.79 Å². The summed E-state index contributed by atoms with van der Waals surface area (Å²) in [5.74, 6) is 2.86. The minimum Gasteiger partial charge on any atom is -0.350 e. The number of amides is 1. The molecule has 28 heavy (non-hydrogen) atoms. The van der Waals surface area contributed by atoms with Crippen LogP contribution in [0.1, 0.15) is 62.6 Å². The Balaban J connectivity index is 1.14. The molecule has 5 atom stereocenters. The van der Waals surface area contributed by atoms with Crippen LogP contribution in [0, 0.1) is 23.2 Å². The number of rotatable bonds is 3. The highest BCUT2D eigenvalue weighted by molar-refractivity contribution is 5.73. The van der Waals surface area contributed by atoms with Crippen LogP contribution in [-0.4, -0.2) is 30.4 Å². The maximum absolute atomic E-state index is 11.7. The number of benzene rings is 1. The first-order valence-electron chi connectivity index (χ1n) is 11.4. The fourth-order valence-corrected chi connectivity index (χ4v) is 7.47. The second kappa shape index (κ2) is 5.95. The van der Waals surface area contributed by atoms with Crippen LogP contribution in [0.25, 0.3) is 0 Å². The van der Waals surface area contributed by atoms with E-state index in [1.165, 1.54) is 62.9 Å². The molecule has 148 valence electrons. The molecule has 5 aliphatic rings. The van der Waals surface area contributed by atoms with Gasteiger partial charge in [0, 0.05) is 13.5 Å². The standard InChI is InChI=1S/C25H32N2O/c1-17(28)26-23-8-9-24(22-5-3-2-4-20(22)23)10-12-27(13-11-24)16-18-14-25-15-19(25)6-7-21(18)25/h2-7,18-19,21,23H,8-16H2,1H3,(H,26,28)/t18?,19?,21?,23-,25?/m1/s1. The molecule has 1 aromatic carbocycles. The van der Waals surface area contributed by atoms with Gasteiger partial charge in [-0.15, -0.1) is 0 Å². The number of nitrogens with one attached hydrogen (secondary N) is 1. The molecule has 3 heteroatoms. The van der Waals surface area contributed by atoms with Crippen molar-refractivity contribution in [1.29, 1.82) is 0 Å². The van der Waals surface area contributed by atoms with E-state index >= 15 is 0 Å². The normalized spacial score (nSPS) is 39.6. The molecular formula is C25H32N2O. The van der Waals surface area contributed by atoms with Gasteiger partial charge in [-0.2, -0.15) is 0 Å². The SMILES string of the molecule is CC(=O)N[C@@H]1CCC2(CCN(CC3CC45CC4C=CC35)CC2)c2ccccc21. The number of carbonyl (C=O) groups excluding carboxylic acids is 1. The Morgan fingerprint density at radius 1 is 1.14 bits per heavy atom. The third-order valence-electron chi connectivity index (χ3n) is 9.05. The molecule has 3 fully saturated rings. The molecule has 0 bridgehead atoms. The summed E-state index contributed by atoms with van der Waals surface area (Å²) in [5.41, 5.74) is 3.97. The lowest BCUT2D eigenvalue weighted by atomic mass is 9.61. The zero-order chi connectivity index (χ0) is 18.9. The van der Waals surface area contributed by atoms with Crippen LogP contribution < -0.4 is 5.32 Å². The summed E-state index contributed by atoms with van der Waals surface area (Å²) in [6.45, 7) is 5.43. The Bertz CT molecular complexity index is 837. The van der Waals surface area contributed by atoms with Gasteiger partial charge in [0.2, 0.25) is 5.91 Å². The number of piperidine rings is 1. The predicted molar refractivity (Wildman–Crippen MR) is 111 cm³/mol. The molecule has 1 N–H and O–H groups in total. The summed E-state index contributed by atoms with van der Waals surface area (Å²) in [5, 5.41) is 3.18. The number of allylic oxidation sites excluding steroid dienone is 2. The molecule has 1 saturated heterocycles. The van der Waals surface area contributed by atoms with Crippen molar-refractivity contribution in [2.75, 3.05) is 19.6 Å². The van der Waals surface area contributed by atoms with E-state index in [1.807, 2.05) is 0 Å². The maximum Gasteiger partial charge on any atom is 0.217 e. The first kappa shape index (κ1) is 17.3. The van der Waals surface area contributed by atoms with Crippen LogP contribution in [0.4, 0.5) is 0 Å². The van der Waals surface area contributed by atoms with Crippen LogP contribution in [0.2, 0.25) is 0 Å². The third-order valence-corrected chi connectivity index (χ3v) is 9.05. The van der Waals surface area contributed by atoms with Crippen molar-refractivity contribution in [3.05, 3.63) is 47.5 Å². The lowest BCUT2D eigenvalue weighted by Gasteiger charge is -2.50. The summed E-state index contributed by atoms with van der Waals surface area (Å²) in [6, 6.07) is 9.11. The van der Waals surface area contributed by atoms with Crippen LogP contribution in [0.3, 0.4) is 0 Å². The third kappa shape index (κ3) is 2.41. The van der Waals surface area contributed by atoms with Crippen molar-refractivity contribution < 1.29 is 4.79 Å². The molecule has 2 saturated carbocycles. The minimum absolute atomic E-state index is 0.0858. The highest BCUT2D eigenvalue weighted by Gasteiger charge is 2.68. The number of hydrogen-bond acceptors (Lipinski definition) is 2. The van der Waals surface area contributed by atoms with E-state index in [1.54, 1.807) is 6.92 Å². The number of nitrogens with zero attached hydrogens (tertiary/aromatic N) is 1. The zero-order valence-electron chi connectivity index (χ0n) is 17.0. The van der Waals surface area contributed by atoms with Gasteiger partial charge in [-0.25, -0.2) is 0 Å². The van der Waals surface area contributed by atoms with Gasteiger partial charge in [0.25, 0.3) is 0 Å². The van der Waals surface area contributed by atoms with Gasteiger partial charge in [-0.05, 0) is 91.3 Å². The number of carbonyl (C=O) groups is 1. The summed E-state index contributed by atoms with van der Waals surface area (Å²) < 4.78 is 0. The summed E-state index contributed by atoms with van der Waals surface area (Å²) >= 11 is 0. The van der Waals surface area contributed by atoms with Gasteiger partial charge in [0.15, 0.2) is 0 Å². The van der Waals surface area contributed by atoms with Crippen LogP contribution in [0.15, 0.2) is 36.4 Å². The molecule has 1 aliphatic heterocycles. The van der Waals surface area contributed by atoms with E-state index in [2.05, 4.69) is 46.6 Å². The first-order chi connectivity index (χ1) is 13.6. The number of hydrogen-bond donors (Lipinski definition) is 1. The van der Waals surface area contributed by atoms with Gasteiger partial charge in [0.05, 0.1) is 6.04 Å². The van der Waals surface area contributed by atoms with Gasteiger partial charge in [-0.1, -0.05) is 36.4 Å². The van der Waals surface area contributed by atoms with Crippen molar-refractivity contribution in [2.24, 2.45) is 23.2 Å². The molecule has 3 nitrogen and oxygen atoms in total. The van der Waals surface area contributed by atoms with E-state index in [9.17, 15) is 4.79 Å². The van der Waals surface area contributed by atoms with Crippen molar-refractivity contribution >= 4 is 5.91 Å². The van der Waals surface area contributed by atoms with E-state index < -0.39 is 0 Å². The first-order valence-corrected chi connectivity index (χ1v) is 11.4. The molecule has 2 spiro atoms. The highest BCUT2D eigenvalue weighted by atomic mass is 16.1. The Hall–Kier alpha value is -1.61. The van der Waals surface area contributed by atoms with Crippen molar-refractivity contribution in [3.63, 3.8) is 0 Å². The van der Waals surface area contributed by atoms with Crippen LogP contribution in [-0.2, 0) is 10.2 Å². The summed E-state index contributed by atoms with van der Waals surface area (Å²) in [6.07, 6.45) is 12.9. The number of fused-ring (bicyclic) bond motifs is 2. The molecular weight excluding hydrogens is 344 g/mol. The Labute approximate surface area is 168 Å². The quantitative estimate of drug-likeness (QED) is 0.802. The number of likely N-dealkylation sites (tertiary alicyclic amines) is 1. The van der Waals surface area contributed by atoms with Crippen molar-refractivity contribution in [2.45, 2.75) is 56.9 Å². The lowest BCUT2D eigenvalue weighted by molar-refractivity contribution is -0.119. The Morgan fingerprint density at radius 3 is 2.71 bits per heavy atom. The fraction of sp³-hybridized carbons (Fsp3) is 0.640. The van der Waals surface area contributed by atoms with Crippen molar-refractivity contribution in [3.8, 4) is 0 Å². The predicted octanol–water partition coefficient (Wildman–Crippen LogP) is 4.20. The van der Waals surface area contributed by atoms with Gasteiger partial charge < -0.3 is 10.2 Å². The highest BCUT2D eigenvalue weighted by Crippen LogP contribution is 2.75. The summed E-state index contributed by atoms with van der Waals surface area (Å²) in [4.78, 5) is 14.4. The molecule has 1 heterocycles. The zero-order valence-corrected chi connectivity index (χ0v) is 17.0. The molecule has 6 rings (SSSR count). The lowest BCUT2D eigenvalue weighted by Crippen LogP contribution is -2.50. The minimum atomic E-state index is 0.0858. The molecule has 0 aromatic heterocycles. The van der Waals surface area contributed by atoms with Crippen LogP contribution in [0.5, 0.6) is 0 Å². The topological polar surface area (TPSA) is 32.3 Å². The van der Waals surface area contributed by atoms with Gasteiger partial charge >= 0.3 is 0 Å². The maximum atomic E-state index is 11.7. The average molecular weight is 377 g/mol. The Kier molecular flexibility index (Phi) is 3.67. The molecule has 1 amide bonds. The summed E-state index contributed by atoms with van der Waals surface area (Å²) in [7, 11) is 0. The smallest absolute Gasteiger partial charge is 0.217 e. The fourth-order valence-electron chi connectivity index (χ4n) is 7.47. The molecule has 4 unspecified atom stereocenters. The average Bonchev–Trinajstić information content (AvgIpc) is 3.34. The largest absolute Gasteiger partial charge is 0.350 e. The van der Waals surface area contributed by atoms with E-state index in [4.69, 9.17) is 0 Å². The molecule has 4 aliphatic carbocycles. The molecule has 1 aromatic rings. The van der Waals surface area contributed by atoms with E-state index in [0.29, 0.717) is 5.41 Å². The van der Waals surface area contributed by atoms with E-state index in [0.717, 1.165) is 29.6 Å². The second-order valence-electron chi connectivity index (χ2n) is 10.4. The van der Waals surface area contributed by atoms with Crippen molar-refractivity contribution in [1.82, 2.24) is 10.2 Å². The second-order valence-corrected chi connectivity index (χ2v) is 10.4. The van der Waals surface area contributed by atoms with Crippen LogP contribution >= 0.6 is 0 Å². The monoisotopic (exact) mass is 376 g/mol. The van der Waals surface area contributed by atoms with Gasteiger partial charge in [0.1, 0.15) is 0 Å². The Morgan fingerprint density at radius 2 is 1.96 bits per heavy atom. The molecule has 0 radical (unpaired) electrons.